The molecule has 0 aliphatic heterocycles. The smallest absolute Gasteiger partial charge is 0.305 e. The van der Waals surface area contributed by atoms with Crippen molar-refractivity contribution in [2.24, 2.45) is 0 Å². The van der Waals surface area contributed by atoms with Crippen molar-refractivity contribution >= 4 is 12.4 Å². The van der Waals surface area contributed by atoms with Crippen LogP contribution in [0.5, 0.6) is 0 Å². The van der Waals surface area contributed by atoms with Crippen LogP contribution in [-0.2, 0) is 9.59 Å². The van der Waals surface area contributed by atoms with E-state index in [-0.39, 0.29) is 6.42 Å². The zero-order chi connectivity index (χ0) is 9.68. The molecule has 1 rings (SSSR count). The van der Waals surface area contributed by atoms with Crippen molar-refractivity contribution in [3.63, 3.8) is 0 Å². The van der Waals surface area contributed by atoms with Gasteiger partial charge in [0.2, 0.25) is 6.41 Å². The molecule has 0 spiro atoms. The van der Waals surface area contributed by atoms with E-state index in [1.807, 2.05) is 0 Å². The van der Waals surface area contributed by atoms with Crippen LogP contribution in [0.2, 0.25) is 0 Å². The normalized spacial score (nSPS) is 12.0. The molecule has 0 aliphatic rings. The number of aliphatic carboxylic acids is 1. The van der Waals surface area contributed by atoms with Crippen molar-refractivity contribution in [3.05, 3.63) is 24.2 Å². The fourth-order valence-corrected chi connectivity index (χ4v) is 1.00. The van der Waals surface area contributed by atoms with Crippen LogP contribution in [0.15, 0.2) is 23.0 Å². The maximum absolute atomic E-state index is 10.4. The highest BCUT2D eigenvalue weighted by molar-refractivity contribution is 5.68. The van der Waals surface area contributed by atoms with E-state index in [1.54, 1.807) is 6.07 Å². The second-order valence-corrected chi connectivity index (χ2v) is 2.49. The van der Waals surface area contributed by atoms with Gasteiger partial charge in [-0.05, 0) is 6.07 Å². The number of hydrogen-bond acceptors (Lipinski definition) is 3. The summed E-state index contributed by atoms with van der Waals surface area (Å²) in [5.41, 5.74) is 0.648. The maximum atomic E-state index is 10.4. The molecule has 0 radical (unpaired) electrons. The lowest BCUT2D eigenvalue weighted by molar-refractivity contribution is -0.137. The maximum Gasteiger partial charge on any atom is 0.305 e. The van der Waals surface area contributed by atoms with Crippen molar-refractivity contribution in [2.75, 3.05) is 0 Å². The predicted molar refractivity (Wildman–Crippen MR) is 42.9 cm³/mol. The molecule has 1 aromatic heterocycles. The fraction of sp³-hybridized carbons (Fsp3) is 0.250. The first-order chi connectivity index (χ1) is 6.24. The highest BCUT2D eigenvalue weighted by Crippen LogP contribution is 2.16. The van der Waals surface area contributed by atoms with Gasteiger partial charge in [-0.2, -0.15) is 0 Å². The molecule has 1 unspecified atom stereocenters. The third kappa shape index (κ3) is 2.62. The van der Waals surface area contributed by atoms with E-state index in [9.17, 15) is 9.59 Å². The van der Waals surface area contributed by atoms with E-state index in [0.717, 1.165) is 0 Å². The van der Waals surface area contributed by atoms with Gasteiger partial charge in [-0.15, -0.1) is 0 Å². The van der Waals surface area contributed by atoms with Crippen molar-refractivity contribution < 1.29 is 19.1 Å². The molecule has 5 heteroatoms. The summed E-state index contributed by atoms with van der Waals surface area (Å²) in [6, 6.07) is 1.10. The highest BCUT2D eigenvalue weighted by atomic mass is 16.4. The fourth-order valence-electron chi connectivity index (χ4n) is 1.00. The van der Waals surface area contributed by atoms with Gasteiger partial charge in [0.25, 0.3) is 0 Å². The van der Waals surface area contributed by atoms with Gasteiger partial charge < -0.3 is 14.8 Å². The Bertz CT molecular complexity index is 280. The topological polar surface area (TPSA) is 79.5 Å². The molecule has 2 N–H and O–H groups in total. The predicted octanol–water partition coefficient (Wildman–Crippen LogP) is 0.541. The first kappa shape index (κ1) is 9.31. The largest absolute Gasteiger partial charge is 0.481 e. The first-order valence-corrected chi connectivity index (χ1v) is 3.67. The van der Waals surface area contributed by atoms with Gasteiger partial charge in [0.1, 0.15) is 0 Å². The first-order valence-electron chi connectivity index (χ1n) is 3.67. The lowest BCUT2D eigenvalue weighted by Crippen LogP contribution is -2.21. The average Bonchev–Trinajstić information content (AvgIpc) is 2.54. The summed E-state index contributed by atoms with van der Waals surface area (Å²) in [6.45, 7) is 0. The summed E-state index contributed by atoms with van der Waals surface area (Å²) >= 11 is 0. The lowest BCUT2D eigenvalue weighted by atomic mass is 10.1. The molecule has 0 aromatic carbocycles. The molecule has 1 aromatic rings. The molecule has 0 bridgehead atoms. The molecule has 0 saturated carbocycles. The number of nitrogens with one attached hydrogen (secondary N) is 1. The van der Waals surface area contributed by atoms with Gasteiger partial charge in [0, 0.05) is 5.56 Å². The Morgan fingerprint density at radius 3 is 3.00 bits per heavy atom. The zero-order valence-corrected chi connectivity index (χ0v) is 6.77. The minimum absolute atomic E-state index is 0.154. The van der Waals surface area contributed by atoms with Crippen LogP contribution in [0.25, 0.3) is 0 Å². The molecule has 0 saturated heterocycles. The molecule has 1 amide bonds. The Balaban J connectivity index is 2.67. The molecular formula is C8H9NO4. The van der Waals surface area contributed by atoms with Gasteiger partial charge >= 0.3 is 5.97 Å². The van der Waals surface area contributed by atoms with E-state index < -0.39 is 12.0 Å². The lowest BCUT2D eigenvalue weighted by Gasteiger charge is -2.10. The standard InChI is InChI=1S/C8H9NO4/c10-5-9-7(3-8(11)12)6-1-2-13-4-6/h1-2,4-5,7H,3H2,(H,9,10)(H,11,12). The number of hydrogen-bond donors (Lipinski definition) is 2. The van der Waals surface area contributed by atoms with E-state index in [4.69, 9.17) is 9.52 Å². The number of carbonyl (C=O) groups excluding carboxylic acids is 1. The number of carboxylic acid groups (broad SMARTS) is 1. The summed E-state index contributed by atoms with van der Waals surface area (Å²) in [5, 5.41) is 10.9. The summed E-state index contributed by atoms with van der Waals surface area (Å²) < 4.78 is 4.77. The molecular weight excluding hydrogens is 174 g/mol. The summed E-state index contributed by atoms with van der Waals surface area (Å²) in [5.74, 6) is -0.972. The van der Waals surface area contributed by atoms with Crippen molar-refractivity contribution in [1.82, 2.24) is 5.32 Å². The Morgan fingerprint density at radius 2 is 2.54 bits per heavy atom. The van der Waals surface area contributed by atoms with Crippen LogP contribution in [0.3, 0.4) is 0 Å². The van der Waals surface area contributed by atoms with E-state index in [0.29, 0.717) is 12.0 Å². The molecule has 0 aliphatic carbocycles. The van der Waals surface area contributed by atoms with E-state index in [1.165, 1.54) is 12.5 Å². The van der Waals surface area contributed by atoms with Gasteiger partial charge in [-0.25, -0.2) is 0 Å². The van der Waals surface area contributed by atoms with Gasteiger partial charge in [-0.1, -0.05) is 0 Å². The number of amides is 1. The van der Waals surface area contributed by atoms with Crippen LogP contribution in [0, 0.1) is 0 Å². The van der Waals surface area contributed by atoms with Crippen LogP contribution in [0.4, 0.5) is 0 Å². The van der Waals surface area contributed by atoms with Gasteiger partial charge in [-0.3, -0.25) is 9.59 Å². The second-order valence-electron chi connectivity index (χ2n) is 2.49. The summed E-state index contributed by atoms with van der Waals surface area (Å²) in [7, 11) is 0. The minimum Gasteiger partial charge on any atom is -0.481 e. The summed E-state index contributed by atoms with van der Waals surface area (Å²) in [4.78, 5) is 20.6. The Hall–Kier alpha value is -1.78. The van der Waals surface area contributed by atoms with Crippen molar-refractivity contribution in [1.29, 1.82) is 0 Å². The molecule has 0 fully saturated rings. The number of rotatable bonds is 5. The number of carboxylic acids is 1. The molecule has 13 heavy (non-hydrogen) atoms. The Labute approximate surface area is 74.4 Å². The average molecular weight is 183 g/mol. The van der Waals surface area contributed by atoms with Crippen molar-refractivity contribution in [2.45, 2.75) is 12.5 Å². The molecule has 1 atom stereocenters. The van der Waals surface area contributed by atoms with Crippen LogP contribution in [-0.4, -0.2) is 17.5 Å². The minimum atomic E-state index is -0.972. The third-order valence-electron chi connectivity index (χ3n) is 1.59. The quantitative estimate of drug-likeness (QED) is 0.653. The monoisotopic (exact) mass is 183 g/mol. The van der Waals surface area contributed by atoms with Crippen LogP contribution in [0.1, 0.15) is 18.0 Å². The Kier molecular flexibility index (Phi) is 3.08. The Morgan fingerprint density at radius 1 is 1.77 bits per heavy atom. The SMILES string of the molecule is O=CNC(CC(=O)O)c1ccoc1. The number of carbonyl (C=O) groups is 2. The highest BCUT2D eigenvalue weighted by Gasteiger charge is 2.15. The van der Waals surface area contributed by atoms with Crippen LogP contribution < -0.4 is 5.32 Å². The van der Waals surface area contributed by atoms with Gasteiger partial charge in [0.15, 0.2) is 0 Å². The zero-order valence-electron chi connectivity index (χ0n) is 6.77. The van der Waals surface area contributed by atoms with E-state index in [2.05, 4.69) is 5.32 Å². The van der Waals surface area contributed by atoms with Crippen molar-refractivity contribution in [3.8, 4) is 0 Å². The molecule has 1 heterocycles. The van der Waals surface area contributed by atoms with Gasteiger partial charge in [0.05, 0.1) is 25.0 Å². The van der Waals surface area contributed by atoms with Crippen LogP contribution >= 0.6 is 0 Å². The third-order valence-corrected chi connectivity index (χ3v) is 1.59. The van der Waals surface area contributed by atoms with E-state index >= 15 is 0 Å². The summed E-state index contributed by atoms with van der Waals surface area (Å²) in [6.07, 6.45) is 3.15. The second kappa shape index (κ2) is 4.30. The molecule has 5 nitrogen and oxygen atoms in total. The number of furan rings is 1. The molecule has 70 valence electrons.